The second-order valence-corrected chi connectivity index (χ2v) is 13.1. The molecule has 2 N–H and O–H groups in total. The van der Waals surface area contributed by atoms with Crippen molar-refractivity contribution in [3.8, 4) is 0 Å². The monoisotopic (exact) mass is 618 g/mol. The van der Waals surface area contributed by atoms with Crippen LogP contribution in [0.2, 0.25) is 10.0 Å². The normalized spacial score (nSPS) is 22.8. The summed E-state index contributed by atoms with van der Waals surface area (Å²) in [6.45, 7) is 0.763. The number of hydrogen-bond donors (Lipinski definition) is 2. The summed E-state index contributed by atoms with van der Waals surface area (Å²) in [5.74, 6) is -1.63. The van der Waals surface area contributed by atoms with Gasteiger partial charge in [-0.2, -0.15) is 0 Å². The molecule has 2 aromatic carbocycles. The zero-order valence-electron chi connectivity index (χ0n) is 22.5. The van der Waals surface area contributed by atoms with Crippen LogP contribution in [0.25, 0.3) is 0 Å². The predicted octanol–water partition coefficient (Wildman–Crippen LogP) is 4.68. The number of aromatic nitrogens is 1. The van der Waals surface area contributed by atoms with Crippen LogP contribution in [0, 0.1) is 0 Å². The van der Waals surface area contributed by atoms with Gasteiger partial charge in [-0.25, -0.2) is 18.6 Å². The van der Waals surface area contributed by atoms with Gasteiger partial charge >= 0.3 is 0 Å². The molecule has 0 unspecified atom stereocenters. The lowest BCUT2D eigenvalue weighted by Gasteiger charge is -2.49. The standard InChI is InChI=1S/C29H32Cl2N4O5S/c1-41(38,39)33-24-10-4-5-11-25(24)35-27(22-13-12-19(30)18-23(22)31)26(20-8-2-3-9-21(20)29(35)37)28(36)32-40-17-16-34-14-6-7-15-34/h2-3,6-9,12-15,18,24-27,33H,4-5,10-11,16-17H2,1H3,(H,32,36)/t24-,25-,26+,27-/m0/s1. The van der Waals surface area contributed by atoms with E-state index < -0.39 is 40.0 Å². The van der Waals surface area contributed by atoms with E-state index >= 15 is 0 Å². The number of hydrogen-bond acceptors (Lipinski definition) is 5. The number of halogens is 2. The number of nitrogens with zero attached hydrogens (tertiary/aromatic N) is 2. The summed E-state index contributed by atoms with van der Waals surface area (Å²) in [5, 5.41) is 0.714. The zero-order valence-corrected chi connectivity index (χ0v) is 24.8. The van der Waals surface area contributed by atoms with E-state index in [1.54, 1.807) is 47.4 Å². The molecular formula is C29H32Cl2N4O5S. The van der Waals surface area contributed by atoms with Crippen LogP contribution in [0.15, 0.2) is 67.0 Å². The Kier molecular flexibility index (Phi) is 9.06. The number of carbonyl (C=O) groups is 2. The van der Waals surface area contributed by atoms with Crippen LogP contribution in [0.4, 0.5) is 0 Å². The fraction of sp³-hybridized carbons (Fsp3) is 0.379. The van der Waals surface area contributed by atoms with E-state index in [2.05, 4.69) is 10.2 Å². The highest BCUT2D eigenvalue weighted by molar-refractivity contribution is 7.88. The van der Waals surface area contributed by atoms with Crippen molar-refractivity contribution in [2.75, 3.05) is 12.9 Å². The molecule has 3 aromatic rings. The van der Waals surface area contributed by atoms with Crippen LogP contribution in [-0.2, 0) is 26.2 Å². The van der Waals surface area contributed by atoms with E-state index in [4.69, 9.17) is 28.0 Å². The third kappa shape index (κ3) is 6.62. The first-order valence-electron chi connectivity index (χ1n) is 13.5. The molecule has 4 atom stereocenters. The molecule has 12 heteroatoms. The Morgan fingerprint density at radius 2 is 1.76 bits per heavy atom. The van der Waals surface area contributed by atoms with Gasteiger partial charge in [0.1, 0.15) is 0 Å². The Morgan fingerprint density at radius 1 is 1.02 bits per heavy atom. The molecule has 1 saturated carbocycles. The van der Waals surface area contributed by atoms with Crippen molar-refractivity contribution in [1.29, 1.82) is 0 Å². The molecule has 2 amide bonds. The van der Waals surface area contributed by atoms with Gasteiger partial charge < -0.3 is 9.47 Å². The molecule has 0 saturated heterocycles. The van der Waals surface area contributed by atoms with Crippen LogP contribution >= 0.6 is 23.2 Å². The molecule has 1 fully saturated rings. The van der Waals surface area contributed by atoms with Crippen molar-refractivity contribution in [2.24, 2.45) is 0 Å². The van der Waals surface area contributed by atoms with E-state index in [1.807, 2.05) is 29.1 Å². The minimum absolute atomic E-state index is 0.229. The van der Waals surface area contributed by atoms with E-state index in [9.17, 15) is 18.0 Å². The van der Waals surface area contributed by atoms with Gasteiger partial charge in [-0.05, 0) is 54.3 Å². The average molecular weight is 620 g/mol. The Bertz CT molecular complexity index is 1520. The Balaban J connectivity index is 1.57. The summed E-state index contributed by atoms with van der Waals surface area (Å²) in [7, 11) is -3.57. The van der Waals surface area contributed by atoms with Crippen LogP contribution in [0.3, 0.4) is 0 Å². The Labute approximate surface area is 249 Å². The summed E-state index contributed by atoms with van der Waals surface area (Å²) < 4.78 is 29.3. The van der Waals surface area contributed by atoms with Crippen LogP contribution in [0.5, 0.6) is 0 Å². The first kappa shape index (κ1) is 29.6. The molecule has 1 aliphatic heterocycles. The molecule has 0 radical (unpaired) electrons. The van der Waals surface area contributed by atoms with Crippen molar-refractivity contribution >= 4 is 45.0 Å². The zero-order chi connectivity index (χ0) is 29.1. The molecule has 218 valence electrons. The second kappa shape index (κ2) is 12.5. The summed E-state index contributed by atoms with van der Waals surface area (Å²) in [5.41, 5.74) is 4.06. The molecule has 1 aliphatic carbocycles. The summed E-state index contributed by atoms with van der Waals surface area (Å²) in [6.07, 6.45) is 7.65. The van der Waals surface area contributed by atoms with Gasteiger partial charge in [0.05, 0.1) is 24.8 Å². The van der Waals surface area contributed by atoms with Crippen LogP contribution < -0.4 is 10.2 Å². The topological polar surface area (TPSA) is 110 Å². The molecule has 0 bridgehead atoms. The summed E-state index contributed by atoms with van der Waals surface area (Å²) in [4.78, 5) is 35.5. The predicted molar refractivity (Wildman–Crippen MR) is 157 cm³/mol. The molecule has 0 spiro atoms. The van der Waals surface area contributed by atoms with Gasteiger partial charge in [-0.3, -0.25) is 14.4 Å². The third-order valence-electron chi connectivity index (χ3n) is 7.68. The van der Waals surface area contributed by atoms with Gasteiger partial charge in [0.15, 0.2) is 0 Å². The SMILES string of the molecule is CS(=O)(=O)N[C@H]1CCCC[C@@H]1N1C(=O)c2ccccc2[C@@H](C(=O)NOCCn2cccc2)[C@@H]1c1ccc(Cl)cc1Cl. The highest BCUT2D eigenvalue weighted by Gasteiger charge is 2.49. The number of benzene rings is 2. The minimum Gasteiger partial charge on any atom is -0.352 e. The quantitative estimate of drug-likeness (QED) is 0.267. The molecule has 41 heavy (non-hydrogen) atoms. The second-order valence-electron chi connectivity index (χ2n) is 10.5. The molecular weight excluding hydrogens is 587 g/mol. The molecule has 2 aliphatic rings. The number of sulfonamides is 1. The average Bonchev–Trinajstić information content (AvgIpc) is 3.45. The Morgan fingerprint density at radius 3 is 2.49 bits per heavy atom. The lowest BCUT2D eigenvalue weighted by Crippen LogP contribution is -2.59. The van der Waals surface area contributed by atoms with Gasteiger partial charge in [0.25, 0.3) is 11.8 Å². The number of fused-ring (bicyclic) bond motifs is 1. The van der Waals surface area contributed by atoms with Crippen molar-refractivity contribution in [3.63, 3.8) is 0 Å². The summed E-state index contributed by atoms with van der Waals surface area (Å²) >= 11 is 13.0. The van der Waals surface area contributed by atoms with Gasteiger partial charge in [0.2, 0.25) is 10.0 Å². The van der Waals surface area contributed by atoms with Crippen LogP contribution in [-0.4, -0.2) is 54.6 Å². The van der Waals surface area contributed by atoms with Crippen molar-refractivity contribution in [3.05, 3.63) is 93.7 Å². The van der Waals surface area contributed by atoms with E-state index in [-0.39, 0.29) is 12.5 Å². The largest absolute Gasteiger partial charge is 0.352 e. The maximum atomic E-state index is 14.3. The highest BCUT2D eigenvalue weighted by atomic mass is 35.5. The van der Waals surface area contributed by atoms with E-state index in [0.29, 0.717) is 46.1 Å². The first-order chi connectivity index (χ1) is 19.6. The van der Waals surface area contributed by atoms with Gasteiger partial charge in [-0.15, -0.1) is 0 Å². The summed E-state index contributed by atoms with van der Waals surface area (Å²) in [6, 6.07) is 13.9. The third-order valence-corrected chi connectivity index (χ3v) is 8.98. The lowest BCUT2D eigenvalue weighted by atomic mass is 9.76. The minimum atomic E-state index is -3.57. The van der Waals surface area contributed by atoms with Crippen molar-refractivity contribution < 1.29 is 22.8 Å². The fourth-order valence-electron chi connectivity index (χ4n) is 5.98. The van der Waals surface area contributed by atoms with Crippen molar-refractivity contribution in [2.45, 2.75) is 56.3 Å². The molecule has 5 rings (SSSR count). The fourth-order valence-corrected chi connectivity index (χ4v) is 7.33. The van der Waals surface area contributed by atoms with Crippen molar-refractivity contribution in [1.82, 2.24) is 19.7 Å². The van der Waals surface area contributed by atoms with Crippen LogP contribution in [0.1, 0.15) is 59.1 Å². The number of rotatable bonds is 9. The molecule has 2 heterocycles. The van der Waals surface area contributed by atoms with Gasteiger partial charge in [0, 0.05) is 46.6 Å². The number of hydroxylamine groups is 1. The van der Waals surface area contributed by atoms with E-state index in [1.165, 1.54) is 0 Å². The van der Waals surface area contributed by atoms with Gasteiger partial charge in [-0.1, -0.05) is 60.3 Å². The number of carbonyl (C=O) groups excluding carboxylic acids is 2. The Hall–Kier alpha value is -2.89. The van der Waals surface area contributed by atoms with E-state index in [0.717, 1.165) is 19.1 Å². The smallest absolute Gasteiger partial charge is 0.255 e. The maximum absolute atomic E-state index is 14.3. The highest BCUT2D eigenvalue weighted by Crippen LogP contribution is 2.47. The molecule has 9 nitrogen and oxygen atoms in total. The number of amides is 2. The lowest BCUT2D eigenvalue weighted by molar-refractivity contribution is -0.137. The number of nitrogens with one attached hydrogen (secondary N) is 2. The first-order valence-corrected chi connectivity index (χ1v) is 16.1. The maximum Gasteiger partial charge on any atom is 0.255 e. The molecule has 1 aromatic heterocycles.